The normalized spacial score (nSPS) is 32.5. The summed E-state index contributed by atoms with van der Waals surface area (Å²) in [5.74, 6) is 0.750. The quantitative estimate of drug-likeness (QED) is 0.911. The number of benzene rings is 1. The Labute approximate surface area is 121 Å². The Morgan fingerprint density at radius 1 is 1.16 bits per heavy atom. The lowest BCUT2D eigenvalue weighted by Gasteiger charge is -2.40. The number of nitrogens with one attached hydrogen (secondary N) is 1. The van der Waals surface area contributed by atoms with E-state index < -0.39 is 0 Å². The highest BCUT2D eigenvalue weighted by Gasteiger charge is 2.40. The van der Waals surface area contributed by atoms with Gasteiger partial charge in [-0.25, -0.2) is 0 Å². The lowest BCUT2D eigenvalue weighted by Crippen LogP contribution is -2.43. The molecule has 0 amide bonds. The van der Waals surface area contributed by atoms with Crippen molar-refractivity contribution < 1.29 is 0 Å². The molecule has 1 aromatic carbocycles. The standard InChI is InChI=1S/C16H23ClN2/c1-18-16(11-3-5-13(17)6-4-11)12-9-14-7-8-15(10-12)19(14)2/h3-6,12,14-16,18H,7-10H2,1-2H3. The minimum absolute atomic E-state index is 0.467. The number of piperidine rings is 1. The van der Waals surface area contributed by atoms with Crippen molar-refractivity contribution in [3.05, 3.63) is 34.9 Å². The van der Waals surface area contributed by atoms with E-state index in [1.807, 2.05) is 12.1 Å². The Morgan fingerprint density at radius 3 is 2.26 bits per heavy atom. The number of hydrogen-bond acceptors (Lipinski definition) is 2. The van der Waals surface area contributed by atoms with Crippen molar-refractivity contribution in [2.75, 3.05) is 14.1 Å². The molecule has 2 nitrogen and oxygen atoms in total. The maximum atomic E-state index is 5.99. The molecule has 2 aliphatic heterocycles. The van der Waals surface area contributed by atoms with Gasteiger partial charge in [-0.05, 0) is 63.4 Å². The van der Waals surface area contributed by atoms with Gasteiger partial charge in [0.1, 0.15) is 0 Å². The van der Waals surface area contributed by atoms with Crippen molar-refractivity contribution in [2.24, 2.45) is 5.92 Å². The largest absolute Gasteiger partial charge is 0.313 e. The SMILES string of the molecule is CNC(c1ccc(Cl)cc1)C1CC2CCC(C1)N2C. The second-order valence-corrected chi connectivity index (χ2v) is 6.54. The van der Waals surface area contributed by atoms with Gasteiger partial charge in [0, 0.05) is 23.1 Å². The molecular formula is C16H23ClN2. The van der Waals surface area contributed by atoms with Crippen molar-refractivity contribution in [1.29, 1.82) is 0 Å². The van der Waals surface area contributed by atoms with Gasteiger partial charge in [0.05, 0.1) is 0 Å². The van der Waals surface area contributed by atoms with Gasteiger partial charge in [-0.3, -0.25) is 0 Å². The van der Waals surface area contributed by atoms with Gasteiger partial charge < -0.3 is 10.2 Å². The van der Waals surface area contributed by atoms with Crippen molar-refractivity contribution in [3.63, 3.8) is 0 Å². The molecule has 2 saturated heterocycles. The zero-order valence-electron chi connectivity index (χ0n) is 11.8. The van der Waals surface area contributed by atoms with Crippen molar-refractivity contribution in [3.8, 4) is 0 Å². The molecule has 0 radical (unpaired) electrons. The van der Waals surface area contributed by atoms with Crippen molar-refractivity contribution in [1.82, 2.24) is 10.2 Å². The van der Waals surface area contributed by atoms with Gasteiger partial charge in [-0.1, -0.05) is 23.7 Å². The highest BCUT2D eigenvalue weighted by atomic mass is 35.5. The molecule has 3 heteroatoms. The van der Waals surface area contributed by atoms with Crippen LogP contribution in [0.2, 0.25) is 5.02 Å². The third-order valence-electron chi connectivity index (χ3n) is 5.15. The Bertz CT molecular complexity index is 417. The summed E-state index contributed by atoms with van der Waals surface area (Å²) in [6, 6.07) is 10.4. The molecule has 2 aliphatic rings. The fourth-order valence-electron chi connectivity index (χ4n) is 4.07. The molecule has 2 bridgehead atoms. The van der Waals surface area contributed by atoms with Crippen LogP contribution in [0.25, 0.3) is 0 Å². The summed E-state index contributed by atoms with van der Waals surface area (Å²) < 4.78 is 0. The van der Waals surface area contributed by atoms with E-state index in [0.29, 0.717) is 6.04 Å². The number of halogens is 1. The first kappa shape index (κ1) is 13.4. The molecule has 2 heterocycles. The molecule has 19 heavy (non-hydrogen) atoms. The van der Waals surface area contributed by atoms with Crippen LogP contribution in [0.4, 0.5) is 0 Å². The van der Waals surface area contributed by atoms with E-state index in [4.69, 9.17) is 11.6 Å². The molecule has 104 valence electrons. The lowest BCUT2D eigenvalue weighted by atomic mass is 9.82. The third kappa shape index (κ3) is 2.54. The average molecular weight is 279 g/mol. The number of fused-ring (bicyclic) bond motifs is 2. The Kier molecular flexibility index (Phi) is 3.84. The van der Waals surface area contributed by atoms with Crippen LogP contribution < -0.4 is 5.32 Å². The van der Waals surface area contributed by atoms with E-state index in [9.17, 15) is 0 Å². The first-order valence-electron chi connectivity index (χ1n) is 7.33. The van der Waals surface area contributed by atoms with Gasteiger partial charge in [-0.15, -0.1) is 0 Å². The fraction of sp³-hybridized carbons (Fsp3) is 0.625. The highest BCUT2D eigenvalue weighted by Crippen LogP contribution is 2.42. The molecule has 0 spiro atoms. The van der Waals surface area contributed by atoms with E-state index in [-0.39, 0.29) is 0 Å². The highest BCUT2D eigenvalue weighted by molar-refractivity contribution is 6.30. The minimum atomic E-state index is 0.467. The number of rotatable bonds is 3. The Hall–Kier alpha value is -0.570. The minimum Gasteiger partial charge on any atom is -0.313 e. The molecule has 3 rings (SSSR count). The fourth-order valence-corrected chi connectivity index (χ4v) is 4.20. The number of nitrogens with zero attached hydrogens (tertiary/aromatic N) is 1. The van der Waals surface area contributed by atoms with E-state index >= 15 is 0 Å². The second kappa shape index (κ2) is 5.43. The van der Waals surface area contributed by atoms with Crippen molar-refractivity contribution >= 4 is 11.6 Å². The predicted molar refractivity (Wildman–Crippen MR) is 80.5 cm³/mol. The summed E-state index contributed by atoms with van der Waals surface area (Å²) in [7, 11) is 4.38. The molecule has 3 atom stereocenters. The van der Waals surface area contributed by atoms with E-state index in [1.54, 1.807) is 0 Å². The summed E-state index contributed by atoms with van der Waals surface area (Å²) in [5, 5.41) is 4.35. The van der Waals surface area contributed by atoms with Crippen LogP contribution in [-0.2, 0) is 0 Å². The van der Waals surface area contributed by atoms with Crippen molar-refractivity contribution in [2.45, 2.75) is 43.8 Å². The van der Waals surface area contributed by atoms with Crippen LogP contribution in [0.15, 0.2) is 24.3 Å². The molecule has 0 aliphatic carbocycles. The summed E-state index contributed by atoms with van der Waals surface area (Å²) in [4.78, 5) is 2.60. The molecule has 1 aromatic rings. The Balaban J connectivity index is 1.78. The zero-order valence-corrected chi connectivity index (χ0v) is 12.5. The number of hydrogen-bond donors (Lipinski definition) is 1. The van der Waals surface area contributed by atoms with Crippen LogP contribution in [-0.4, -0.2) is 31.1 Å². The molecule has 0 saturated carbocycles. The average Bonchev–Trinajstić information content (AvgIpc) is 2.65. The smallest absolute Gasteiger partial charge is 0.0406 e. The topological polar surface area (TPSA) is 15.3 Å². The monoisotopic (exact) mass is 278 g/mol. The first-order chi connectivity index (χ1) is 9.19. The molecule has 1 N–H and O–H groups in total. The van der Waals surface area contributed by atoms with Crippen LogP contribution in [0.1, 0.15) is 37.3 Å². The second-order valence-electron chi connectivity index (χ2n) is 6.10. The molecule has 2 fully saturated rings. The van der Waals surface area contributed by atoms with Gasteiger partial charge in [0.15, 0.2) is 0 Å². The molecule has 3 unspecified atom stereocenters. The summed E-state index contributed by atoms with van der Waals surface area (Å²) in [6.45, 7) is 0. The summed E-state index contributed by atoms with van der Waals surface area (Å²) >= 11 is 5.99. The van der Waals surface area contributed by atoms with Crippen LogP contribution >= 0.6 is 11.6 Å². The van der Waals surface area contributed by atoms with E-state index in [0.717, 1.165) is 23.0 Å². The molecule has 0 aromatic heterocycles. The first-order valence-corrected chi connectivity index (χ1v) is 7.71. The van der Waals surface area contributed by atoms with Gasteiger partial charge >= 0.3 is 0 Å². The van der Waals surface area contributed by atoms with Crippen LogP contribution in [0, 0.1) is 5.92 Å². The third-order valence-corrected chi connectivity index (χ3v) is 5.40. The van der Waals surface area contributed by atoms with Gasteiger partial charge in [-0.2, -0.15) is 0 Å². The van der Waals surface area contributed by atoms with Crippen LogP contribution in [0.5, 0.6) is 0 Å². The van der Waals surface area contributed by atoms with Gasteiger partial charge in [0.2, 0.25) is 0 Å². The zero-order chi connectivity index (χ0) is 13.4. The predicted octanol–water partition coefficient (Wildman–Crippen LogP) is 3.47. The Morgan fingerprint density at radius 2 is 1.74 bits per heavy atom. The van der Waals surface area contributed by atoms with E-state index in [1.165, 1.54) is 31.2 Å². The van der Waals surface area contributed by atoms with Gasteiger partial charge in [0.25, 0.3) is 0 Å². The van der Waals surface area contributed by atoms with Crippen LogP contribution in [0.3, 0.4) is 0 Å². The van der Waals surface area contributed by atoms with E-state index in [2.05, 4.69) is 36.4 Å². The maximum Gasteiger partial charge on any atom is 0.0406 e. The summed E-state index contributed by atoms with van der Waals surface area (Å²) in [6.07, 6.45) is 5.41. The molecular weight excluding hydrogens is 256 g/mol. The summed E-state index contributed by atoms with van der Waals surface area (Å²) in [5.41, 5.74) is 1.38. The maximum absolute atomic E-state index is 5.99. The lowest BCUT2D eigenvalue weighted by molar-refractivity contribution is 0.114.